The second-order valence-corrected chi connectivity index (χ2v) is 8.98. The summed E-state index contributed by atoms with van der Waals surface area (Å²) in [5, 5.41) is 7.65. The fourth-order valence-corrected chi connectivity index (χ4v) is 3.98. The lowest BCUT2D eigenvalue weighted by atomic mass is 10.1. The van der Waals surface area contributed by atoms with Crippen LogP contribution in [0.15, 0.2) is 35.3 Å². The molecule has 0 bridgehead atoms. The van der Waals surface area contributed by atoms with Crippen LogP contribution in [0.25, 0.3) is 0 Å². The normalized spacial score (nSPS) is 15.2. The van der Waals surface area contributed by atoms with E-state index in [1.807, 2.05) is 32.5 Å². The van der Waals surface area contributed by atoms with Gasteiger partial charge in [-0.15, -0.1) is 0 Å². The highest BCUT2D eigenvalue weighted by atomic mass is 35.5. The van der Waals surface area contributed by atoms with Crippen molar-refractivity contribution < 1.29 is 0 Å². The summed E-state index contributed by atoms with van der Waals surface area (Å²) < 4.78 is 1.41. The molecule has 0 aliphatic carbocycles. The van der Waals surface area contributed by atoms with Gasteiger partial charge in [-0.2, -0.15) is 16.9 Å². The van der Waals surface area contributed by atoms with Gasteiger partial charge in [0.25, 0.3) is 5.56 Å². The van der Waals surface area contributed by atoms with Crippen molar-refractivity contribution in [1.29, 1.82) is 0 Å². The molecule has 2 heterocycles. The summed E-state index contributed by atoms with van der Waals surface area (Å²) in [4.78, 5) is 14.8. The van der Waals surface area contributed by atoms with Crippen LogP contribution in [-0.4, -0.2) is 34.4 Å². The topological polar surface area (TPSA) is 50.2 Å². The van der Waals surface area contributed by atoms with Crippen LogP contribution < -0.4 is 15.8 Å². The molecule has 1 aliphatic rings. The van der Waals surface area contributed by atoms with Gasteiger partial charge in [-0.3, -0.25) is 4.79 Å². The second-order valence-electron chi connectivity index (χ2n) is 7.38. The molecule has 1 aromatic heterocycles. The minimum Gasteiger partial charge on any atom is -0.378 e. The largest absolute Gasteiger partial charge is 0.378 e. The second kappa shape index (κ2) is 7.92. The molecule has 0 unspecified atom stereocenters. The van der Waals surface area contributed by atoms with Crippen molar-refractivity contribution in [3.63, 3.8) is 0 Å². The van der Waals surface area contributed by atoms with Crippen LogP contribution in [0.3, 0.4) is 0 Å². The number of aromatic nitrogens is 2. The SMILES string of the molecule is CC(C)(C)n1ncc(NCc2ccc(N3CCSCC3)cc2)c(Cl)c1=O. The number of hydrogen-bond donors (Lipinski definition) is 1. The molecule has 5 nitrogen and oxygen atoms in total. The van der Waals surface area contributed by atoms with Gasteiger partial charge < -0.3 is 10.2 Å². The zero-order valence-electron chi connectivity index (χ0n) is 15.5. The molecule has 1 saturated heterocycles. The number of benzene rings is 1. The summed E-state index contributed by atoms with van der Waals surface area (Å²) in [6.07, 6.45) is 1.62. The number of thioether (sulfide) groups is 1. The third kappa shape index (κ3) is 4.35. The predicted molar refractivity (Wildman–Crippen MR) is 112 cm³/mol. The Morgan fingerprint density at radius 1 is 1.19 bits per heavy atom. The number of halogens is 1. The lowest BCUT2D eigenvalue weighted by Crippen LogP contribution is -2.36. The minimum atomic E-state index is -0.401. The summed E-state index contributed by atoms with van der Waals surface area (Å²) in [6.45, 7) is 8.58. The maximum absolute atomic E-state index is 12.4. The number of hydrogen-bond acceptors (Lipinski definition) is 5. The van der Waals surface area contributed by atoms with Crippen molar-refractivity contribution in [2.24, 2.45) is 0 Å². The molecule has 0 radical (unpaired) electrons. The van der Waals surface area contributed by atoms with Gasteiger partial charge in [0.15, 0.2) is 0 Å². The third-order valence-corrected chi connectivity index (χ3v) is 5.66. The monoisotopic (exact) mass is 392 g/mol. The number of nitrogens with one attached hydrogen (secondary N) is 1. The highest BCUT2D eigenvalue weighted by Crippen LogP contribution is 2.22. The molecule has 0 spiro atoms. The summed E-state index contributed by atoms with van der Waals surface area (Å²) in [7, 11) is 0. The van der Waals surface area contributed by atoms with E-state index >= 15 is 0 Å². The van der Waals surface area contributed by atoms with E-state index in [0.717, 1.165) is 18.7 Å². The zero-order chi connectivity index (χ0) is 18.7. The molecule has 2 aromatic rings. The first-order chi connectivity index (χ1) is 12.4. The quantitative estimate of drug-likeness (QED) is 0.857. The van der Waals surface area contributed by atoms with E-state index in [2.05, 4.69) is 39.6 Å². The molecule has 1 N–H and O–H groups in total. The molecule has 0 amide bonds. The van der Waals surface area contributed by atoms with Crippen molar-refractivity contribution in [1.82, 2.24) is 9.78 Å². The average Bonchev–Trinajstić information content (AvgIpc) is 2.63. The Morgan fingerprint density at radius 3 is 2.46 bits per heavy atom. The van der Waals surface area contributed by atoms with E-state index in [-0.39, 0.29) is 10.6 Å². The Labute approximate surface area is 163 Å². The molecule has 0 atom stereocenters. The molecule has 7 heteroatoms. The number of anilines is 2. The molecule has 1 aromatic carbocycles. The van der Waals surface area contributed by atoms with Gasteiger partial charge in [0.1, 0.15) is 5.02 Å². The molecule has 1 fully saturated rings. The Morgan fingerprint density at radius 2 is 1.85 bits per heavy atom. The van der Waals surface area contributed by atoms with Gasteiger partial charge in [-0.1, -0.05) is 23.7 Å². The number of nitrogens with zero attached hydrogens (tertiary/aromatic N) is 3. The van der Waals surface area contributed by atoms with E-state index in [1.165, 1.54) is 21.9 Å². The Bertz CT molecular complexity index is 808. The highest BCUT2D eigenvalue weighted by Gasteiger charge is 2.19. The van der Waals surface area contributed by atoms with E-state index in [4.69, 9.17) is 11.6 Å². The highest BCUT2D eigenvalue weighted by molar-refractivity contribution is 7.99. The summed E-state index contributed by atoms with van der Waals surface area (Å²) in [5.41, 5.74) is 2.29. The van der Waals surface area contributed by atoms with Crippen molar-refractivity contribution in [3.05, 3.63) is 51.4 Å². The van der Waals surface area contributed by atoms with E-state index in [0.29, 0.717) is 12.2 Å². The van der Waals surface area contributed by atoms with Crippen molar-refractivity contribution in [2.45, 2.75) is 32.9 Å². The van der Waals surface area contributed by atoms with E-state index in [9.17, 15) is 4.79 Å². The molecule has 3 rings (SSSR count). The first-order valence-corrected chi connectivity index (χ1v) is 10.3. The molecule has 0 saturated carbocycles. The molecular weight excluding hydrogens is 368 g/mol. The first-order valence-electron chi connectivity index (χ1n) is 8.80. The Balaban J connectivity index is 1.67. The fraction of sp³-hybridized carbons (Fsp3) is 0.474. The smallest absolute Gasteiger partial charge is 0.288 e. The number of rotatable bonds is 4. The van der Waals surface area contributed by atoms with Crippen LogP contribution >= 0.6 is 23.4 Å². The molecule has 140 valence electrons. The summed E-state index contributed by atoms with van der Waals surface area (Å²) >= 11 is 8.26. The molecule has 1 aliphatic heterocycles. The maximum Gasteiger partial charge on any atom is 0.288 e. The van der Waals surface area contributed by atoms with Crippen LogP contribution in [0, 0.1) is 0 Å². The van der Waals surface area contributed by atoms with Gasteiger partial charge in [-0.25, -0.2) is 4.68 Å². The lowest BCUT2D eigenvalue weighted by Gasteiger charge is -2.28. The standard InChI is InChI=1S/C19H25ClN4OS/c1-19(2,3)24-18(25)17(20)16(13-22-24)21-12-14-4-6-15(7-5-14)23-8-10-26-11-9-23/h4-7,13,21H,8-12H2,1-3H3. The summed E-state index contributed by atoms with van der Waals surface area (Å²) in [6, 6.07) is 8.54. The lowest BCUT2D eigenvalue weighted by molar-refractivity contribution is 0.338. The van der Waals surface area contributed by atoms with Crippen LogP contribution in [-0.2, 0) is 12.1 Å². The van der Waals surface area contributed by atoms with Gasteiger partial charge in [0.2, 0.25) is 0 Å². The average molecular weight is 393 g/mol. The zero-order valence-corrected chi connectivity index (χ0v) is 17.0. The van der Waals surface area contributed by atoms with Crippen LogP contribution in [0.5, 0.6) is 0 Å². The van der Waals surface area contributed by atoms with Crippen molar-refractivity contribution in [3.8, 4) is 0 Å². The Kier molecular flexibility index (Phi) is 5.82. The van der Waals surface area contributed by atoms with Crippen molar-refractivity contribution in [2.75, 3.05) is 34.8 Å². The predicted octanol–water partition coefficient (Wildman–Crippen LogP) is 3.82. The first kappa shape index (κ1) is 19.1. The summed E-state index contributed by atoms with van der Waals surface area (Å²) in [5.74, 6) is 2.38. The van der Waals surface area contributed by atoms with Crippen LogP contribution in [0.1, 0.15) is 26.3 Å². The molecule has 26 heavy (non-hydrogen) atoms. The van der Waals surface area contributed by atoms with Gasteiger partial charge in [-0.05, 0) is 38.5 Å². The van der Waals surface area contributed by atoms with Gasteiger partial charge in [0.05, 0.1) is 17.4 Å². The van der Waals surface area contributed by atoms with E-state index in [1.54, 1.807) is 6.20 Å². The minimum absolute atomic E-state index is 0.178. The maximum atomic E-state index is 12.4. The van der Waals surface area contributed by atoms with Gasteiger partial charge in [0, 0.05) is 36.8 Å². The third-order valence-electron chi connectivity index (χ3n) is 4.35. The van der Waals surface area contributed by atoms with Crippen LogP contribution in [0.4, 0.5) is 11.4 Å². The Hall–Kier alpha value is -1.66. The van der Waals surface area contributed by atoms with Gasteiger partial charge >= 0.3 is 0 Å². The fourth-order valence-electron chi connectivity index (χ4n) is 2.88. The van der Waals surface area contributed by atoms with E-state index < -0.39 is 5.54 Å². The molecular formula is C19H25ClN4OS. The van der Waals surface area contributed by atoms with Crippen LogP contribution in [0.2, 0.25) is 5.02 Å². The van der Waals surface area contributed by atoms with Crippen molar-refractivity contribution >= 4 is 34.7 Å².